The van der Waals surface area contributed by atoms with Gasteiger partial charge in [0.05, 0.1) is 13.2 Å². The second-order valence-corrected chi connectivity index (χ2v) is 6.31. The van der Waals surface area contributed by atoms with Gasteiger partial charge in [0.2, 0.25) is 17.7 Å². The number of aromatic nitrogens is 3. The van der Waals surface area contributed by atoms with Crippen LogP contribution in [0.5, 0.6) is 11.8 Å². The van der Waals surface area contributed by atoms with Crippen molar-refractivity contribution >= 4 is 33.6 Å². The fourth-order valence-corrected chi connectivity index (χ4v) is 2.95. The normalized spacial score (nSPS) is 11.1. The van der Waals surface area contributed by atoms with Gasteiger partial charge in [-0.2, -0.15) is 18.7 Å². The summed E-state index contributed by atoms with van der Waals surface area (Å²) >= 11 is 5.67. The zero-order valence-corrected chi connectivity index (χ0v) is 14.4. The Morgan fingerprint density at radius 1 is 1.31 bits per heavy atom. The Labute approximate surface area is 150 Å². The van der Waals surface area contributed by atoms with E-state index in [9.17, 15) is 22.0 Å². The summed E-state index contributed by atoms with van der Waals surface area (Å²) in [6.45, 7) is -3.18. The van der Waals surface area contributed by atoms with Crippen LogP contribution in [0.15, 0.2) is 29.3 Å². The Morgan fingerprint density at radius 3 is 2.62 bits per heavy atom. The molecule has 14 heteroatoms. The summed E-state index contributed by atoms with van der Waals surface area (Å²) in [6.07, 6.45) is 1.26. The summed E-state index contributed by atoms with van der Waals surface area (Å²) in [5.41, 5.74) is 0. The Morgan fingerprint density at radius 2 is 2.00 bits per heavy atom. The summed E-state index contributed by atoms with van der Waals surface area (Å²) in [5.74, 6) is -1.34. The number of carbonyl (C=O) groups excluding carboxylic acids is 1. The summed E-state index contributed by atoms with van der Waals surface area (Å²) in [6, 6.07) is 2.10. The maximum atomic E-state index is 12.3. The van der Waals surface area contributed by atoms with E-state index in [1.54, 1.807) is 4.72 Å². The van der Waals surface area contributed by atoms with Gasteiger partial charge in [0.1, 0.15) is 10.0 Å². The molecule has 0 fully saturated rings. The molecule has 2 rings (SSSR count). The van der Waals surface area contributed by atoms with Crippen molar-refractivity contribution in [1.82, 2.24) is 19.7 Å². The monoisotopic (exact) mass is 409 g/mol. The Kier molecular flexibility index (Phi) is 6.05. The minimum absolute atomic E-state index is 0.205. The molecule has 0 unspecified atom stereocenters. The van der Waals surface area contributed by atoms with Crippen LogP contribution in [0.25, 0.3) is 0 Å². The third-order valence-electron chi connectivity index (χ3n) is 2.56. The molecule has 140 valence electrons. The molecule has 0 aliphatic heterocycles. The average Bonchev–Trinajstić information content (AvgIpc) is 2.53. The fourth-order valence-electron chi connectivity index (χ4n) is 1.59. The van der Waals surface area contributed by atoms with Crippen LogP contribution in [0.3, 0.4) is 0 Å². The van der Waals surface area contributed by atoms with Crippen LogP contribution in [-0.4, -0.2) is 43.1 Å². The first kappa shape index (κ1) is 19.5. The van der Waals surface area contributed by atoms with Gasteiger partial charge in [0.15, 0.2) is 0 Å². The Hall–Kier alpha value is -2.80. The summed E-state index contributed by atoms with van der Waals surface area (Å²) in [5, 5.41) is 1.61. The third-order valence-corrected chi connectivity index (χ3v) is 4.34. The van der Waals surface area contributed by atoms with E-state index >= 15 is 0 Å². The highest BCUT2D eigenvalue weighted by Crippen LogP contribution is 2.20. The number of methoxy groups -OCH3 is 1. The fraction of sp³-hybridized carbons (Fsp3) is 0.167. The van der Waals surface area contributed by atoms with Gasteiger partial charge in [0, 0.05) is 6.20 Å². The van der Waals surface area contributed by atoms with Gasteiger partial charge >= 0.3 is 12.6 Å². The number of pyridine rings is 1. The van der Waals surface area contributed by atoms with E-state index in [4.69, 9.17) is 16.3 Å². The number of nitrogens with one attached hydrogen (secondary N) is 2. The van der Waals surface area contributed by atoms with Gasteiger partial charge in [-0.25, -0.2) is 22.9 Å². The summed E-state index contributed by atoms with van der Waals surface area (Å²) < 4.78 is 59.2. The number of sulfonamides is 1. The van der Waals surface area contributed by atoms with Crippen LogP contribution < -0.4 is 19.5 Å². The number of hydrogen-bond donors (Lipinski definition) is 2. The molecule has 0 atom stereocenters. The molecule has 0 spiro atoms. The standard InChI is InChI=1S/C12H10ClF2N5O5S/c1-24-7-5-8(25-10(14)15)18-11(17-7)19-12(21)20-26(22,23)6-3-2-4-16-9(6)13/h2-5,10H,1H3,(H2,17,18,19,20,21). The van der Waals surface area contributed by atoms with E-state index in [-0.39, 0.29) is 11.0 Å². The van der Waals surface area contributed by atoms with Crippen LogP contribution in [0.2, 0.25) is 5.15 Å². The van der Waals surface area contributed by atoms with Crippen molar-refractivity contribution < 1.29 is 31.5 Å². The SMILES string of the molecule is COc1cc(OC(F)F)nc(NC(=O)NS(=O)(=O)c2cccnc2Cl)n1. The van der Waals surface area contributed by atoms with Crippen LogP contribution in [0, 0.1) is 0 Å². The number of rotatable bonds is 6. The first-order valence-electron chi connectivity index (χ1n) is 6.53. The van der Waals surface area contributed by atoms with Crippen LogP contribution in [-0.2, 0) is 10.0 Å². The van der Waals surface area contributed by atoms with E-state index in [1.807, 2.05) is 5.32 Å². The second kappa shape index (κ2) is 8.05. The number of hydrogen-bond acceptors (Lipinski definition) is 8. The van der Waals surface area contributed by atoms with Crippen molar-refractivity contribution in [3.63, 3.8) is 0 Å². The van der Waals surface area contributed by atoms with E-state index in [1.165, 1.54) is 19.4 Å². The van der Waals surface area contributed by atoms with Crippen molar-refractivity contribution in [2.75, 3.05) is 12.4 Å². The number of urea groups is 1. The van der Waals surface area contributed by atoms with E-state index in [2.05, 4.69) is 19.7 Å². The van der Waals surface area contributed by atoms with Gasteiger partial charge < -0.3 is 9.47 Å². The number of anilines is 1. The van der Waals surface area contributed by atoms with Crippen LogP contribution >= 0.6 is 11.6 Å². The van der Waals surface area contributed by atoms with Crippen molar-refractivity contribution in [3.8, 4) is 11.8 Å². The molecule has 0 saturated carbocycles. The highest BCUT2D eigenvalue weighted by Gasteiger charge is 2.22. The Bertz CT molecular complexity index is 915. The molecule has 0 bridgehead atoms. The number of alkyl halides is 2. The van der Waals surface area contributed by atoms with Crippen molar-refractivity contribution in [2.24, 2.45) is 0 Å². The van der Waals surface area contributed by atoms with Crippen LogP contribution in [0.4, 0.5) is 19.5 Å². The predicted octanol–water partition coefficient (Wildman–Crippen LogP) is 1.65. The molecule has 0 radical (unpaired) electrons. The lowest BCUT2D eigenvalue weighted by atomic mass is 10.5. The maximum Gasteiger partial charge on any atom is 0.388 e. The minimum Gasteiger partial charge on any atom is -0.481 e. The molecule has 0 saturated heterocycles. The number of halogens is 3. The van der Waals surface area contributed by atoms with Gasteiger partial charge in [-0.05, 0) is 12.1 Å². The molecule has 0 aromatic carbocycles. The molecule has 2 amide bonds. The number of amides is 2. The summed E-state index contributed by atoms with van der Waals surface area (Å²) in [4.78, 5) is 22.2. The largest absolute Gasteiger partial charge is 0.481 e. The Balaban J connectivity index is 2.18. The quantitative estimate of drug-likeness (QED) is 0.688. The first-order valence-corrected chi connectivity index (χ1v) is 8.39. The van der Waals surface area contributed by atoms with E-state index in [0.717, 1.165) is 12.1 Å². The minimum atomic E-state index is -4.35. The number of nitrogens with zero attached hydrogens (tertiary/aromatic N) is 3. The van der Waals surface area contributed by atoms with E-state index in [0.29, 0.717) is 0 Å². The molecule has 2 N–H and O–H groups in total. The van der Waals surface area contributed by atoms with Gasteiger partial charge in [-0.15, -0.1) is 0 Å². The number of carbonyl (C=O) groups is 1. The lowest BCUT2D eigenvalue weighted by molar-refractivity contribution is -0.0529. The molecule has 26 heavy (non-hydrogen) atoms. The molecular weight excluding hydrogens is 400 g/mol. The van der Waals surface area contributed by atoms with Crippen LogP contribution in [0.1, 0.15) is 0 Å². The topological polar surface area (TPSA) is 132 Å². The molecular formula is C12H10ClF2N5O5S. The predicted molar refractivity (Wildman–Crippen MR) is 83.8 cm³/mol. The smallest absolute Gasteiger partial charge is 0.388 e. The van der Waals surface area contributed by atoms with Crippen molar-refractivity contribution in [3.05, 3.63) is 29.5 Å². The second-order valence-electron chi connectivity index (χ2n) is 4.30. The lowest BCUT2D eigenvalue weighted by Gasteiger charge is -2.10. The zero-order chi connectivity index (χ0) is 19.3. The van der Waals surface area contributed by atoms with Crippen molar-refractivity contribution in [2.45, 2.75) is 11.5 Å². The number of ether oxygens (including phenoxy) is 2. The molecule has 0 aliphatic rings. The van der Waals surface area contributed by atoms with Crippen molar-refractivity contribution in [1.29, 1.82) is 0 Å². The third kappa shape index (κ3) is 5.10. The summed E-state index contributed by atoms with van der Waals surface area (Å²) in [7, 11) is -3.16. The first-order chi connectivity index (χ1) is 12.2. The lowest BCUT2D eigenvalue weighted by Crippen LogP contribution is -2.35. The van der Waals surface area contributed by atoms with E-state index < -0.39 is 39.4 Å². The molecule has 10 nitrogen and oxygen atoms in total. The van der Waals surface area contributed by atoms with Gasteiger partial charge in [-0.1, -0.05) is 11.6 Å². The highest BCUT2D eigenvalue weighted by atomic mass is 35.5. The average molecular weight is 410 g/mol. The molecule has 2 aromatic rings. The molecule has 2 heterocycles. The van der Waals surface area contributed by atoms with Gasteiger partial charge in [0.25, 0.3) is 10.0 Å². The highest BCUT2D eigenvalue weighted by molar-refractivity contribution is 7.90. The zero-order valence-electron chi connectivity index (χ0n) is 12.8. The molecule has 0 aliphatic carbocycles. The molecule has 2 aromatic heterocycles. The maximum absolute atomic E-state index is 12.3. The van der Waals surface area contributed by atoms with Gasteiger partial charge in [-0.3, -0.25) is 5.32 Å².